The van der Waals surface area contributed by atoms with E-state index in [1.807, 2.05) is 0 Å². The lowest BCUT2D eigenvalue weighted by molar-refractivity contribution is -0.142. The van der Waals surface area contributed by atoms with E-state index < -0.39 is 11.6 Å². The molecule has 0 bridgehead atoms. The minimum Gasteiger partial charge on any atom is -0.489 e. The van der Waals surface area contributed by atoms with E-state index >= 15 is 0 Å². The molecule has 0 aliphatic carbocycles. The third-order valence-electron chi connectivity index (χ3n) is 3.84. The van der Waals surface area contributed by atoms with E-state index in [1.165, 1.54) is 11.3 Å². The first-order valence-corrected chi connectivity index (χ1v) is 9.97. The smallest absolute Gasteiger partial charge is 0.311 e. The molecule has 0 radical (unpaired) electrons. The molecule has 2 aromatic carbocycles. The van der Waals surface area contributed by atoms with Crippen LogP contribution in [0.25, 0.3) is 0 Å². The molecule has 0 atom stereocenters. The van der Waals surface area contributed by atoms with E-state index in [1.54, 1.807) is 42.8 Å². The molecule has 1 N–H and O–H groups in total. The summed E-state index contributed by atoms with van der Waals surface area (Å²) < 4.78 is 37.2. The van der Waals surface area contributed by atoms with Crippen molar-refractivity contribution in [2.45, 2.75) is 20.0 Å². The average Bonchev–Trinajstić information content (AvgIpc) is 3.17. The molecule has 30 heavy (non-hydrogen) atoms. The predicted molar refractivity (Wildman–Crippen MR) is 111 cm³/mol. The topological polar surface area (TPSA) is 72.8 Å². The lowest BCUT2D eigenvalue weighted by Gasteiger charge is -2.07. The summed E-state index contributed by atoms with van der Waals surface area (Å²) in [7, 11) is 0. The van der Waals surface area contributed by atoms with Crippen LogP contribution in [-0.4, -0.2) is 23.8 Å². The Bertz CT molecular complexity index is 1020. The van der Waals surface area contributed by atoms with Crippen molar-refractivity contribution in [1.29, 1.82) is 0 Å². The summed E-state index contributed by atoms with van der Waals surface area (Å²) in [5.74, 6) is -0.825. The fraction of sp³-hybridized carbons (Fsp3) is 0.190. The number of hydrogen-bond acceptors (Lipinski definition) is 7. The molecular formula is C21H19F2N3O3S. The molecule has 9 heteroatoms. The number of esters is 1. The van der Waals surface area contributed by atoms with Gasteiger partial charge < -0.3 is 9.47 Å². The van der Waals surface area contributed by atoms with Crippen LogP contribution in [-0.2, 0) is 22.6 Å². The van der Waals surface area contributed by atoms with E-state index in [0.717, 1.165) is 23.8 Å². The van der Waals surface area contributed by atoms with Gasteiger partial charge >= 0.3 is 5.97 Å². The van der Waals surface area contributed by atoms with Crippen LogP contribution in [0.2, 0.25) is 0 Å². The molecule has 0 fully saturated rings. The summed E-state index contributed by atoms with van der Waals surface area (Å²) in [6.45, 7) is 2.02. The first-order valence-electron chi connectivity index (χ1n) is 9.09. The molecule has 1 heterocycles. The minimum atomic E-state index is -0.515. The van der Waals surface area contributed by atoms with Gasteiger partial charge in [0, 0.05) is 10.9 Å². The fourth-order valence-corrected chi connectivity index (χ4v) is 3.09. The van der Waals surface area contributed by atoms with Gasteiger partial charge in [0.1, 0.15) is 24.0 Å². The number of thiazole rings is 1. The third-order valence-corrected chi connectivity index (χ3v) is 4.63. The number of nitrogens with zero attached hydrogens (tertiary/aromatic N) is 2. The summed E-state index contributed by atoms with van der Waals surface area (Å²) in [5.41, 5.74) is 4.38. The quantitative estimate of drug-likeness (QED) is 0.306. The highest BCUT2D eigenvalue weighted by atomic mass is 32.1. The van der Waals surface area contributed by atoms with Gasteiger partial charge in [0.05, 0.1) is 24.9 Å². The largest absolute Gasteiger partial charge is 0.489 e. The Kier molecular flexibility index (Phi) is 7.45. The van der Waals surface area contributed by atoms with E-state index in [2.05, 4.69) is 15.5 Å². The number of hydrazone groups is 1. The first-order chi connectivity index (χ1) is 14.5. The number of aromatic nitrogens is 1. The molecule has 0 saturated carbocycles. The zero-order valence-corrected chi connectivity index (χ0v) is 16.9. The highest BCUT2D eigenvalue weighted by Gasteiger charge is 2.08. The number of anilines is 1. The van der Waals surface area contributed by atoms with Gasteiger partial charge in [-0.3, -0.25) is 10.2 Å². The number of hydrogen-bond donors (Lipinski definition) is 1. The van der Waals surface area contributed by atoms with Gasteiger partial charge in [-0.25, -0.2) is 13.8 Å². The molecule has 0 spiro atoms. The molecule has 0 amide bonds. The van der Waals surface area contributed by atoms with Gasteiger partial charge in [-0.05, 0) is 55.0 Å². The van der Waals surface area contributed by atoms with Crippen LogP contribution < -0.4 is 10.2 Å². The Morgan fingerprint density at radius 2 is 2.03 bits per heavy atom. The lowest BCUT2D eigenvalue weighted by atomic mass is 10.2. The second-order valence-corrected chi connectivity index (χ2v) is 6.95. The maximum absolute atomic E-state index is 13.6. The molecule has 0 aliphatic heterocycles. The number of ether oxygens (including phenoxy) is 2. The Labute approximate surface area is 176 Å². The normalized spacial score (nSPS) is 10.9. The van der Waals surface area contributed by atoms with E-state index in [4.69, 9.17) is 9.47 Å². The van der Waals surface area contributed by atoms with Crippen molar-refractivity contribution in [3.05, 3.63) is 76.3 Å². The van der Waals surface area contributed by atoms with Crippen molar-refractivity contribution in [3.8, 4) is 5.75 Å². The number of halogens is 2. The van der Waals surface area contributed by atoms with Crippen LogP contribution in [0.15, 0.2) is 52.9 Å². The van der Waals surface area contributed by atoms with Gasteiger partial charge in [-0.2, -0.15) is 5.10 Å². The SMILES string of the molecule is CCOC(=O)Cc1csc(NN=Cc2ccc(OCc3cc(F)ccc3F)cc2)n1. The maximum atomic E-state index is 13.6. The molecule has 6 nitrogen and oxygen atoms in total. The second-order valence-electron chi connectivity index (χ2n) is 6.09. The standard InChI is InChI=1S/C21H19F2N3O3S/c1-2-28-20(27)10-17-13-30-21(25-17)26-24-11-14-3-6-18(7-4-14)29-12-15-9-16(22)5-8-19(15)23/h3-9,11,13H,2,10,12H2,1H3,(H,25,26). The summed E-state index contributed by atoms with van der Waals surface area (Å²) in [6.07, 6.45) is 1.72. The molecule has 156 valence electrons. The van der Waals surface area contributed by atoms with Gasteiger partial charge in [0.25, 0.3) is 0 Å². The van der Waals surface area contributed by atoms with Crippen molar-refractivity contribution in [2.24, 2.45) is 5.10 Å². The number of benzene rings is 2. The molecule has 3 rings (SSSR count). The van der Waals surface area contributed by atoms with E-state index in [0.29, 0.717) is 23.2 Å². The molecule has 3 aromatic rings. The van der Waals surface area contributed by atoms with Crippen molar-refractivity contribution < 1.29 is 23.0 Å². The summed E-state index contributed by atoms with van der Waals surface area (Å²) >= 11 is 1.33. The summed E-state index contributed by atoms with van der Waals surface area (Å²) in [5, 5.41) is 6.43. The van der Waals surface area contributed by atoms with Crippen LogP contribution in [0.3, 0.4) is 0 Å². The average molecular weight is 431 g/mol. The third kappa shape index (κ3) is 6.35. The zero-order chi connectivity index (χ0) is 21.3. The predicted octanol–water partition coefficient (Wildman–Crippen LogP) is 4.55. The van der Waals surface area contributed by atoms with Gasteiger partial charge in [0.2, 0.25) is 5.13 Å². The molecule has 0 saturated heterocycles. The van der Waals surface area contributed by atoms with Crippen LogP contribution >= 0.6 is 11.3 Å². The summed E-state index contributed by atoms with van der Waals surface area (Å²) in [4.78, 5) is 15.7. The van der Waals surface area contributed by atoms with Gasteiger partial charge in [-0.1, -0.05) is 0 Å². The van der Waals surface area contributed by atoms with Gasteiger partial charge in [-0.15, -0.1) is 11.3 Å². The van der Waals surface area contributed by atoms with Crippen molar-refractivity contribution in [1.82, 2.24) is 4.98 Å². The molecule has 1 aromatic heterocycles. The first kappa shape index (κ1) is 21.4. The Morgan fingerprint density at radius 3 is 2.80 bits per heavy atom. The lowest BCUT2D eigenvalue weighted by Crippen LogP contribution is -2.07. The fourth-order valence-electron chi connectivity index (χ4n) is 2.43. The maximum Gasteiger partial charge on any atom is 0.311 e. The van der Waals surface area contributed by atoms with Crippen molar-refractivity contribution in [3.63, 3.8) is 0 Å². The van der Waals surface area contributed by atoms with Gasteiger partial charge in [0.15, 0.2) is 0 Å². The minimum absolute atomic E-state index is 0.0727. The molecule has 0 unspecified atom stereocenters. The molecular weight excluding hydrogens is 412 g/mol. The van der Waals surface area contributed by atoms with E-state index in [-0.39, 0.29) is 24.6 Å². The number of carbonyl (C=O) groups excluding carboxylic acids is 1. The number of rotatable bonds is 9. The second kappa shape index (κ2) is 10.4. The van der Waals surface area contributed by atoms with Crippen LogP contribution in [0.4, 0.5) is 13.9 Å². The highest BCUT2D eigenvalue weighted by molar-refractivity contribution is 7.13. The number of nitrogens with one attached hydrogen (secondary N) is 1. The van der Waals surface area contributed by atoms with Crippen molar-refractivity contribution >= 4 is 28.7 Å². The zero-order valence-electron chi connectivity index (χ0n) is 16.1. The Morgan fingerprint density at radius 1 is 1.23 bits per heavy atom. The number of carbonyl (C=O) groups is 1. The Hall–Kier alpha value is -3.33. The van der Waals surface area contributed by atoms with Crippen LogP contribution in [0, 0.1) is 11.6 Å². The van der Waals surface area contributed by atoms with Crippen LogP contribution in [0.5, 0.6) is 5.75 Å². The van der Waals surface area contributed by atoms with Crippen molar-refractivity contribution in [2.75, 3.05) is 12.0 Å². The monoisotopic (exact) mass is 431 g/mol. The van der Waals surface area contributed by atoms with E-state index in [9.17, 15) is 13.6 Å². The van der Waals surface area contributed by atoms with Crippen LogP contribution in [0.1, 0.15) is 23.7 Å². The Balaban J connectivity index is 1.49. The summed E-state index contributed by atoms with van der Waals surface area (Å²) in [6, 6.07) is 10.2. The molecule has 0 aliphatic rings. The highest BCUT2D eigenvalue weighted by Crippen LogP contribution is 2.17.